The first-order valence-electron chi connectivity index (χ1n) is 6.36. The number of benzene rings is 2. The van der Waals surface area contributed by atoms with Crippen LogP contribution in [0.1, 0.15) is 28.4 Å². The smallest absolute Gasteiger partial charge is 0.120 e. The van der Waals surface area contributed by atoms with E-state index in [1.165, 1.54) is 16.7 Å². The highest BCUT2D eigenvalue weighted by atomic mass is 79.9. The summed E-state index contributed by atoms with van der Waals surface area (Å²) >= 11 is 11.0. The van der Waals surface area contributed by atoms with Crippen LogP contribution in [0.15, 0.2) is 45.3 Å². The fourth-order valence-corrected chi connectivity index (χ4v) is 4.21. The number of rotatable bonds is 4. The Balaban J connectivity index is 2.38. The van der Waals surface area contributed by atoms with Crippen molar-refractivity contribution in [3.05, 3.63) is 62.0 Å². The van der Waals surface area contributed by atoms with Gasteiger partial charge in [0.15, 0.2) is 0 Å². The van der Waals surface area contributed by atoms with E-state index in [9.17, 15) is 0 Å². The molecule has 1 nitrogen and oxygen atoms in total. The van der Waals surface area contributed by atoms with Gasteiger partial charge in [-0.25, -0.2) is 0 Å². The van der Waals surface area contributed by atoms with E-state index in [1.807, 2.05) is 19.1 Å². The van der Waals surface area contributed by atoms with Crippen molar-refractivity contribution in [2.24, 2.45) is 0 Å². The maximum absolute atomic E-state index is 5.52. The van der Waals surface area contributed by atoms with Gasteiger partial charge in [0.2, 0.25) is 0 Å². The summed E-state index contributed by atoms with van der Waals surface area (Å²) in [5, 5.41) is 0. The van der Waals surface area contributed by atoms with E-state index in [2.05, 4.69) is 79.0 Å². The standard InChI is InChI=1S/C16H15Br3O/c1-3-20-11-7-8-13(15(18)9-11)16(19)12-5-4-6-14(17)10(12)2/h4-9,16H,3H2,1-2H3. The van der Waals surface area contributed by atoms with Crippen LogP contribution in [0.4, 0.5) is 0 Å². The summed E-state index contributed by atoms with van der Waals surface area (Å²) in [4.78, 5) is 0.144. The van der Waals surface area contributed by atoms with Gasteiger partial charge in [0.05, 0.1) is 11.4 Å². The van der Waals surface area contributed by atoms with Gasteiger partial charge in [-0.3, -0.25) is 0 Å². The molecule has 2 rings (SSSR count). The van der Waals surface area contributed by atoms with Gasteiger partial charge in [0.1, 0.15) is 5.75 Å². The van der Waals surface area contributed by atoms with Gasteiger partial charge in [-0.1, -0.05) is 66.0 Å². The molecular weight excluding hydrogens is 448 g/mol. The van der Waals surface area contributed by atoms with Crippen LogP contribution in [0.2, 0.25) is 0 Å². The van der Waals surface area contributed by atoms with Crippen LogP contribution in [-0.2, 0) is 0 Å². The second-order valence-electron chi connectivity index (χ2n) is 4.43. The number of ether oxygens (including phenoxy) is 1. The molecule has 4 heteroatoms. The van der Waals surface area contributed by atoms with Crippen LogP contribution in [0.5, 0.6) is 5.75 Å². The number of halogens is 3. The number of hydrogen-bond acceptors (Lipinski definition) is 1. The van der Waals surface area contributed by atoms with Gasteiger partial charge < -0.3 is 4.74 Å². The lowest BCUT2D eigenvalue weighted by atomic mass is 10.0. The van der Waals surface area contributed by atoms with Gasteiger partial charge in [0.25, 0.3) is 0 Å². The third kappa shape index (κ3) is 3.46. The lowest BCUT2D eigenvalue weighted by Gasteiger charge is -2.17. The third-order valence-electron chi connectivity index (χ3n) is 3.14. The second-order valence-corrected chi connectivity index (χ2v) is 7.06. The van der Waals surface area contributed by atoms with E-state index in [0.29, 0.717) is 6.61 Å². The Bertz CT molecular complexity index is 611. The molecule has 1 unspecified atom stereocenters. The Kier molecular flexibility index (Phi) is 5.70. The molecule has 2 aromatic rings. The highest BCUT2D eigenvalue weighted by Gasteiger charge is 2.17. The van der Waals surface area contributed by atoms with E-state index in [-0.39, 0.29) is 4.83 Å². The fourth-order valence-electron chi connectivity index (χ4n) is 2.04. The maximum Gasteiger partial charge on any atom is 0.120 e. The zero-order valence-electron chi connectivity index (χ0n) is 11.3. The van der Waals surface area contributed by atoms with Crippen molar-refractivity contribution < 1.29 is 4.74 Å². The molecule has 0 aliphatic carbocycles. The molecule has 0 saturated heterocycles. The van der Waals surface area contributed by atoms with Crippen LogP contribution in [-0.4, -0.2) is 6.61 Å². The SMILES string of the molecule is CCOc1ccc(C(Br)c2cccc(Br)c2C)c(Br)c1. The topological polar surface area (TPSA) is 9.23 Å². The van der Waals surface area contributed by atoms with Crippen molar-refractivity contribution >= 4 is 47.8 Å². The lowest BCUT2D eigenvalue weighted by molar-refractivity contribution is 0.340. The second kappa shape index (κ2) is 7.10. The Labute approximate surface area is 145 Å². The minimum absolute atomic E-state index is 0.144. The number of hydrogen-bond donors (Lipinski definition) is 0. The Hall–Kier alpha value is -0.320. The summed E-state index contributed by atoms with van der Waals surface area (Å²) in [6.07, 6.45) is 0. The molecule has 1 atom stereocenters. The third-order valence-corrected chi connectivity index (χ3v) is 5.67. The molecule has 0 saturated carbocycles. The van der Waals surface area contributed by atoms with Gasteiger partial charge in [0, 0.05) is 8.95 Å². The van der Waals surface area contributed by atoms with Crippen molar-refractivity contribution in [1.29, 1.82) is 0 Å². The Morgan fingerprint density at radius 3 is 2.45 bits per heavy atom. The minimum Gasteiger partial charge on any atom is -0.494 e. The predicted octanol–water partition coefficient (Wildman–Crippen LogP) is 6.40. The van der Waals surface area contributed by atoms with Crippen molar-refractivity contribution in [3.8, 4) is 5.75 Å². The Morgan fingerprint density at radius 1 is 1.05 bits per heavy atom. The van der Waals surface area contributed by atoms with Gasteiger partial charge in [-0.2, -0.15) is 0 Å². The Morgan fingerprint density at radius 2 is 1.80 bits per heavy atom. The maximum atomic E-state index is 5.52. The molecule has 0 heterocycles. The number of alkyl halides is 1. The zero-order chi connectivity index (χ0) is 14.7. The van der Waals surface area contributed by atoms with E-state index >= 15 is 0 Å². The quantitative estimate of drug-likeness (QED) is 0.477. The van der Waals surface area contributed by atoms with Crippen molar-refractivity contribution in [2.75, 3.05) is 6.61 Å². The summed E-state index contributed by atoms with van der Waals surface area (Å²) in [7, 11) is 0. The summed E-state index contributed by atoms with van der Waals surface area (Å²) in [5.74, 6) is 0.883. The molecule has 0 bridgehead atoms. The van der Waals surface area contributed by atoms with Gasteiger partial charge >= 0.3 is 0 Å². The van der Waals surface area contributed by atoms with E-state index in [1.54, 1.807) is 0 Å². The molecule has 0 amide bonds. The highest BCUT2D eigenvalue weighted by Crippen LogP contribution is 2.39. The summed E-state index contributed by atoms with van der Waals surface area (Å²) in [6, 6.07) is 12.4. The van der Waals surface area contributed by atoms with E-state index < -0.39 is 0 Å². The monoisotopic (exact) mass is 460 g/mol. The van der Waals surface area contributed by atoms with Crippen molar-refractivity contribution in [1.82, 2.24) is 0 Å². The molecule has 2 aromatic carbocycles. The first kappa shape index (κ1) is 16.1. The zero-order valence-corrected chi connectivity index (χ0v) is 16.0. The molecule has 0 fully saturated rings. The molecule has 106 valence electrons. The molecule has 0 aliphatic rings. The minimum atomic E-state index is 0.144. The van der Waals surface area contributed by atoms with Gasteiger partial charge in [-0.15, -0.1) is 0 Å². The predicted molar refractivity (Wildman–Crippen MR) is 95.0 cm³/mol. The fraction of sp³-hybridized carbons (Fsp3) is 0.250. The van der Waals surface area contributed by atoms with Crippen molar-refractivity contribution in [3.63, 3.8) is 0 Å². The average Bonchev–Trinajstić information content (AvgIpc) is 2.42. The molecule has 0 spiro atoms. The molecule has 20 heavy (non-hydrogen) atoms. The summed E-state index contributed by atoms with van der Waals surface area (Å²) in [5.41, 5.74) is 3.69. The molecule has 0 aromatic heterocycles. The first-order valence-corrected chi connectivity index (χ1v) is 8.86. The van der Waals surface area contributed by atoms with E-state index in [0.717, 1.165) is 14.7 Å². The molecule has 0 radical (unpaired) electrons. The molecule has 0 aliphatic heterocycles. The van der Waals surface area contributed by atoms with Crippen LogP contribution in [0, 0.1) is 6.92 Å². The van der Waals surface area contributed by atoms with Crippen molar-refractivity contribution in [2.45, 2.75) is 18.7 Å². The van der Waals surface area contributed by atoms with Crippen LogP contribution >= 0.6 is 47.8 Å². The lowest BCUT2D eigenvalue weighted by Crippen LogP contribution is -1.99. The highest BCUT2D eigenvalue weighted by molar-refractivity contribution is 9.11. The van der Waals surface area contributed by atoms with E-state index in [4.69, 9.17) is 4.74 Å². The van der Waals surface area contributed by atoms with Crippen LogP contribution < -0.4 is 4.74 Å². The summed E-state index contributed by atoms with van der Waals surface area (Å²) < 4.78 is 7.69. The van der Waals surface area contributed by atoms with Gasteiger partial charge in [-0.05, 0) is 48.7 Å². The molecule has 0 N–H and O–H groups in total. The average molecular weight is 463 g/mol. The van der Waals surface area contributed by atoms with Crippen LogP contribution in [0.25, 0.3) is 0 Å². The normalized spacial score (nSPS) is 12.2. The largest absolute Gasteiger partial charge is 0.494 e. The molecular formula is C16H15Br3O. The first-order chi connectivity index (χ1) is 9.54. The summed E-state index contributed by atoms with van der Waals surface area (Å²) in [6.45, 7) is 4.78. The van der Waals surface area contributed by atoms with Crippen LogP contribution in [0.3, 0.4) is 0 Å².